The molecular weight excluding hydrogens is 192 g/mol. The highest BCUT2D eigenvalue weighted by Gasteiger charge is 2.13. The molecule has 0 spiro atoms. The monoisotopic (exact) mass is 201 g/mol. The summed E-state index contributed by atoms with van der Waals surface area (Å²) in [7, 11) is 0. The molecule has 0 bridgehead atoms. The van der Waals surface area contributed by atoms with Crippen molar-refractivity contribution in [2.24, 2.45) is 0 Å². The molecule has 0 unspecified atom stereocenters. The summed E-state index contributed by atoms with van der Waals surface area (Å²) in [6.45, 7) is 2.28. The Balaban J connectivity index is 1.87. The Labute approximate surface area is 87.1 Å². The summed E-state index contributed by atoms with van der Waals surface area (Å²) in [5.41, 5.74) is 1.05. The predicted molar refractivity (Wildman–Crippen MR) is 53.6 cm³/mol. The van der Waals surface area contributed by atoms with E-state index >= 15 is 0 Å². The first-order valence-electron chi connectivity index (χ1n) is 4.64. The molecule has 2 aromatic rings. The van der Waals surface area contributed by atoms with Crippen LogP contribution in [0, 0.1) is 6.54 Å². The van der Waals surface area contributed by atoms with E-state index in [4.69, 9.17) is 9.47 Å². The Morgan fingerprint density at radius 1 is 1.27 bits per heavy atom. The zero-order valence-electron chi connectivity index (χ0n) is 7.96. The maximum absolute atomic E-state index is 5.29. The van der Waals surface area contributed by atoms with Gasteiger partial charge in [-0.2, -0.15) is 0 Å². The van der Waals surface area contributed by atoms with E-state index < -0.39 is 0 Å². The standard InChI is InChI=1S/C11H9N2O2/c1-2-10-11(15-8-14-10)5-9(1)6-13-4-3-12-7-13/h1-7H,8H2. The Morgan fingerprint density at radius 3 is 3.07 bits per heavy atom. The molecule has 75 valence electrons. The van der Waals surface area contributed by atoms with Gasteiger partial charge in [-0.25, -0.2) is 4.98 Å². The molecule has 1 aliphatic rings. The van der Waals surface area contributed by atoms with Gasteiger partial charge >= 0.3 is 0 Å². The number of benzene rings is 1. The van der Waals surface area contributed by atoms with Crippen molar-refractivity contribution in [1.29, 1.82) is 0 Å². The summed E-state index contributed by atoms with van der Waals surface area (Å²) >= 11 is 0. The van der Waals surface area contributed by atoms with E-state index in [0.717, 1.165) is 17.1 Å². The van der Waals surface area contributed by atoms with Crippen LogP contribution in [-0.4, -0.2) is 16.3 Å². The zero-order chi connectivity index (χ0) is 10.1. The highest BCUT2D eigenvalue weighted by molar-refractivity contribution is 5.46. The highest BCUT2D eigenvalue weighted by atomic mass is 16.7. The number of aromatic nitrogens is 2. The minimum Gasteiger partial charge on any atom is -0.454 e. The van der Waals surface area contributed by atoms with Crippen molar-refractivity contribution in [3.05, 3.63) is 49.0 Å². The Morgan fingerprint density at radius 2 is 2.20 bits per heavy atom. The molecule has 0 atom stereocenters. The van der Waals surface area contributed by atoms with Crippen molar-refractivity contribution < 1.29 is 9.47 Å². The SMILES string of the molecule is [CH](c1ccc2c(c1)OCO2)n1ccnc1. The topological polar surface area (TPSA) is 36.3 Å². The predicted octanol–water partition coefficient (Wildman–Crippen LogP) is 1.67. The van der Waals surface area contributed by atoms with Gasteiger partial charge in [-0.05, 0) is 17.7 Å². The van der Waals surface area contributed by atoms with Gasteiger partial charge < -0.3 is 14.0 Å². The Bertz CT molecular complexity index is 465. The molecule has 1 aromatic carbocycles. The maximum atomic E-state index is 5.29. The molecule has 0 saturated carbocycles. The number of rotatable bonds is 2. The van der Waals surface area contributed by atoms with Crippen LogP contribution in [0.25, 0.3) is 0 Å². The third-order valence-corrected chi connectivity index (χ3v) is 2.22. The van der Waals surface area contributed by atoms with Crippen LogP contribution in [0.5, 0.6) is 11.5 Å². The van der Waals surface area contributed by atoms with Crippen LogP contribution >= 0.6 is 0 Å². The Kier molecular flexibility index (Phi) is 1.84. The van der Waals surface area contributed by atoms with Crippen LogP contribution in [-0.2, 0) is 0 Å². The van der Waals surface area contributed by atoms with Gasteiger partial charge in [-0.15, -0.1) is 0 Å². The molecule has 2 heterocycles. The molecule has 4 nitrogen and oxygen atoms in total. The van der Waals surface area contributed by atoms with E-state index in [1.807, 2.05) is 35.5 Å². The van der Waals surface area contributed by atoms with Gasteiger partial charge in [0.15, 0.2) is 11.5 Å². The first kappa shape index (κ1) is 8.35. The normalized spacial score (nSPS) is 13.1. The summed E-state index contributed by atoms with van der Waals surface area (Å²) in [6, 6.07) is 5.83. The van der Waals surface area contributed by atoms with Gasteiger partial charge in [0.2, 0.25) is 6.79 Å². The van der Waals surface area contributed by atoms with Crippen molar-refractivity contribution in [2.75, 3.05) is 6.79 Å². The average Bonchev–Trinajstić information content (AvgIpc) is 2.87. The first-order valence-corrected chi connectivity index (χ1v) is 4.64. The van der Waals surface area contributed by atoms with Crippen LogP contribution in [0.3, 0.4) is 0 Å². The van der Waals surface area contributed by atoms with Crippen LogP contribution < -0.4 is 9.47 Å². The molecule has 0 N–H and O–H groups in total. The number of hydrogen-bond acceptors (Lipinski definition) is 3. The van der Waals surface area contributed by atoms with E-state index in [9.17, 15) is 0 Å². The summed E-state index contributed by atoms with van der Waals surface area (Å²) in [5, 5.41) is 0. The summed E-state index contributed by atoms with van der Waals surface area (Å²) in [5.74, 6) is 1.60. The minimum absolute atomic E-state index is 0.309. The number of imidazole rings is 1. The van der Waals surface area contributed by atoms with Gasteiger partial charge in [0.25, 0.3) is 0 Å². The van der Waals surface area contributed by atoms with E-state index in [1.165, 1.54) is 0 Å². The summed E-state index contributed by atoms with van der Waals surface area (Å²) in [6.07, 6.45) is 5.36. The number of ether oxygens (including phenoxy) is 2. The molecule has 1 aliphatic heterocycles. The van der Waals surface area contributed by atoms with Crippen LogP contribution in [0.15, 0.2) is 36.9 Å². The van der Waals surface area contributed by atoms with Crippen molar-refractivity contribution in [3.8, 4) is 11.5 Å². The third-order valence-electron chi connectivity index (χ3n) is 2.22. The lowest BCUT2D eigenvalue weighted by molar-refractivity contribution is 0.174. The summed E-state index contributed by atoms with van der Waals surface area (Å²) in [4.78, 5) is 3.97. The Hall–Kier alpha value is -1.97. The van der Waals surface area contributed by atoms with Crippen LogP contribution in [0.4, 0.5) is 0 Å². The second-order valence-corrected chi connectivity index (χ2v) is 3.25. The van der Waals surface area contributed by atoms with Gasteiger partial charge in [0.05, 0.1) is 12.9 Å². The maximum Gasteiger partial charge on any atom is 0.231 e. The molecule has 0 fully saturated rings. The van der Waals surface area contributed by atoms with E-state index in [2.05, 4.69) is 4.98 Å². The smallest absolute Gasteiger partial charge is 0.231 e. The fourth-order valence-corrected chi connectivity index (χ4v) is 1.51. The van der Waals surface area contributed by atoms with Crippen molar-refractivity contribution in [2.45, 2.75) is 0 Å². The lowest BCUT2D eigenvalue weighted by Gasteiger charge is -2.02. The van der Waals surface area contributed by atoms with Gasteiger partial charge in [-0.3, -0.25) is 0 Å². The van der Waals surface area contributed by atoms with E-state index in [-0.39, 0.29) is 0 Å². The van der Waals surface area contributed by atoms with Crippen LogP contribution in [0.2, 0.25) is 0 Å². The number of nitrogens with zero attached hydrogens (tertiary/aromatic N) is 2. The fraction of sp³-hybridized carbons (Fsp3) is 0.0909. The molecule has 4 heteroatoms. The molecule has 15 heavy (non-hydrogen) atoms. The molecule has 1 aromatic heterocycles. The quantitative estimate of drug-likeness (QED) is 0.741. The molecule has 0 saturated heterocycles. The second-order valence-electron chi connectivity index (χ2n) is 3.25. The first-order chi connectivity index (χ1) is 7.42. The van der Waals surface area contributed by atoms with Crippen molar-refractivity contribution in [3.63, 3.8) is 0 Å². The largest absolute Gasteiger partial charge is 0.454 e. The molecule has 0 amide bonds. The fourth-order valence-electron chi connectivity index (χ4n) is 1.51. The lowest BCUT2D eigenvalue weighted by atomic mass is 10.2. The van der Waals surface area contributed by atoms with E-state index in [0.29, 0.717) is 6.79 Å². The summed E-state index contributed by atoms with van der Waals surface area (Å²) < 4.78 is 12.4. The van der Waals surface area contributed by atoms with Gasteiger partial charge in [-0.1, -0.05) is 6.07 Å². The minimum atomic E-state index is 0.309. The molecule has 1 radical (unpaired) electrons. The van der Waals surface area contributed by atoms with E-state index in [1.54, 1.807) is 12.5 Å². The van der Waals surface area contributed by atoms with Crippen molar-refractivity contribution >= 4 is 0 Å². The van der Waals surface area contributed by atoms with Gasteiger partial charge in [0, 0.05) is 12.4 Å². The molecular formula is C11H9N2O2. The lowest BCUT2D eigenvalue weighted by Crippen LogP contribution is -1.93. The zero-order valence-corrected chi connectivity index (χ0v) is 7.96. The molecule has 0 aliphatic carbocycles. The van der Waals surface area contributed by atoms with Gasteiger partial charge in [0.1, 0.15) is 0 Å². The van der Waals surface area contributed by atoms with Crippen molar-refractivity contribution in [1.82, 2.24) is 9.55 Å². The number of fused-ring (bicyclic) bond motifs is 1. The third kappa shape index (κ3) is 1.54. The van der Waals surface area contributed by atoms with Crippen LogP contribution in [0.1, 0.15) is 5.56 Å². The number of hydrogen-bond donors (Lipinski definition) is 0. The average molecular weight is 201 g/mol. The second kappa shape index (κ2) is 3.31. The highest BCUT2D eigenvalue weighted by Crippen LogP contribution is 2.32. The molecule has 3 rings (SSSR count).